The number of hydrogen-bond donors (Lipinski definition) is 2. The van der Waals surface area contributed by atoms with Crippen molar-refractivity contribution < 1.29 is 26.4 Å². The van der Waals surface area contributed by atoms with Crippen LogP contribution in [0.3, 0.4) is 0 Å². The molecule has 0 unspecified atom stereocenters. The Morgan fingerprint density at radius 3 is 2.26 bits per heavy atom. The van der Waals surface area contributed by atoms with E-state index in [2.05, 4.69) is 10.0 Å². The molecule has 3 aromatic carbocycles. The van der Waals surface area contributed by atoms with Crippen LogP contribution in [-0.4, -0.2) is 14.3 Å². The molecule has 0 atom stereocenters. The highest BCUT2D eigenvalue weighted by atomic mass is 32.2. The van der Waals surface area contributed by atoms with Crippen LogP contribution in [0.25, 0.3) is 0 Å². The molecule has 0 fully saturated rings. The van der Waals surface area contributed by atoms with Gasteiger partial charge in [-0.2, -0.15) is 13.2 Å². The monoisotopic (exact) mass is 448 g/mol. The van der Waals surface area contributed by atoms with Gasteiger partial charge in [-0.25, -0.2) is 8.42 Å². The summed E-state index contributed by atoms with van der Waals surface area (Å²) in [4.78, 5) is 12.4. The molecule has 31 heavy (non-hydrogen) atoms. The summed E-state index contributed by atoms with van der Waals surface area (Å²) in [6, 6.07) is 15.3. The van der Waals surface area contributed by atoms with Crippen LogP contribution in [-0.2, 0) is 16.2 Å². The van der Waals surface area contributed by atoms with Gasteiger partial charge in [0.05, 0.1) is 16.0 Å². The molecule has 0 aliphatic carbocycles. The number of benzene rings is 3. The fraction of sp³-hybridized carbons (Fsp3) is 0.136. The first-order valence-electron chi connectivity index (χ1n) is 9.15. The van der Waals surface area contributed by atoms with E-state index in [1.54, 1.807) is 25.1 Å². The van der Waals surface area contributed by atoms with Crippen molar-refractivity contribution in [2.45, 2.75) is 24.9 Å². The molecule has 0 saturated carbocycles. The lowest BCUT2D eigenvalue weighted by molar-refractivity contribution is -0.137. The highest BCUT2D eigenvalue weighted by Crippen LogP contribution is 2.32. The van der Waals surface area contributed by atoms with Crippen LogP contribution < -0.4 is 10.0 Å². The van der Waals surface area contributed by atoms with Crippen molar-refractivity contribution in [1.82, 2.24) is 0 Å². The van der Waals surface area contributed by atoms with Gasteiger partial charge in [0.25, 0.3) is 15.9 Å². The Labute approximate surface area is 178 Å². The van der Waals surface area contributed by atoms with Crippen LogP contribution in [0.2, 0.25) is 0 Å². The Morgan fingerprint density at radius 1 is 0.871 bits per heavy atom. The number of hydrogen-bond acceptors (Lipinski definition) is 3. The minimum absolute atomic E-state index is 0.0530. The van der Waals surface area contributed by atoms with Gasteiger partial charge in [0.1, 0.15) is 0 Å². The molecule has 0 aliphatic rings. The van der Waals surface area contributed by atoms with Crippen LogP contribution in [0.5, 0.6) is 0 Å². The number of carbonyl (C=O) groups is 1. The van der Waals surface area contributed by atoms with Gasteiger partial charge >= 0.3 is 6.18 Å². The van der Waals surface area contributed by atoms with Crippen LogP contribution in [0.1, 0.15) is 27.0 Å². The Hall–Kier alpha value is -3.33. The number of carbonyl (C=O) groups excluding carboxylic acids is 1. The van der Waals surface area contributed by atoms with Gasteiger partial charge in [0.2, 0.25) is 0 Å². The summed E-state index contributed by atoms with van der Waals surface area (Å²) in [5.41, 5.74) is 0.0617. The Bertz CT molecular complexity index is 1240. The number of amides is 1. The van der Waals surface area contributed by atoms with Crippen molar-refractivity contribution in [2.75, 3.05) is 10.0 Å². The Kier molecular flexibility index (Phi) is 6.08. The van der Waals surface area contributed by atoms with Gasteiger partial charge in [0, 0.05) is 11.4 Å². The van der Waals surface area contributed by atoms with E-state index in [0.29, 0.717) is 11.3 Å². The van der Waals surface area contributed by atoms with Crippen LogP contribution >= 0.6 is 0 Å². The maximum Gasteiger partial charge on any atom is 0.417 e. The number of halogens is 3. The largest absolute Gasteiger partial charge is 0.417 e. The summed E-state index contributed by atoms with van der Waals surface area (Å²) >= 11 is 0. The molecule has 0 radical (unpaired) electrons. The number of alkyl halides is 3. The fourth-order valence-electron chi connectivity index (χ4n) is 3.01. The van der Waals surface area contributed by atoms with E-state index in [-0.39, 0.29) is 10.6 Å². The molecular formula is C22H19F3N2O3S. The van der Waals surface area contributed by atoms with Gasteiger partial charge in [0.15, 0.2) is 0 Å². The second-order valence-corrected chi connectivity index (χ2v) is 8.60. The molecule has 2 N–H and O–H groups in total. The first kappa shape index (κ1) is 22.4. The van der Waals surface area contributed by atoms with Crippen molar-refractivity contribution in [3.8, 4) is 0 Å². The molecule has 0 bridgehead atoms. The maximum absolute atomic E-state index is 13.2. The number of anilines is 2. The minimum atomic E-state index is -4.70. The molecule has 0 aliphatic heterocycles. The summed E-state index contributed by atoms with van der Waals surface area (Å²) < 4.78 is 67.7. The lowest BCUT2D eigenvalue weighted by Crippen LogP contribution is -2.19. The number of aryl methyl sites for hydroxylation is 2. The average molecular weight is 448 g/mol. The van der Waals surface area contributed by atoms with Crippen molar-refractivity contribution in [3.63, 3.8) is 0 Å². The van der Waals surface area contributed by atoms with Crippen molar-refractivity contribution in [3.05, 3.63) is 89.0 Å². The van der Waals surface area contributed by atoms with E-state index in [1.807, 2.05) is 13.0 Å². The second kappa shape index (κ2) is 8.43. The summed E-state index contributed by atoms with van der Waals surface area (Å²) in [5, 5.41) is 2.35. The third-order valence-electron chi connectivity index (χ3n) is 4.48. The van der Waals surface area contributed by atoms with Gasteiger partial charge in [-0.05, 0) is 61.4 Å². The molecule has 9 heteroatoms. The van der Waals surface area contributed by atoms with E-state index in [9.17, 15) is 26.4 Å². The third kappa shape index (κ3) is 5.24. The first-order chi connectivity index (χ1) is 14.5. The molecule has 1 amide bonds. The lowest BCUT2D eigenvalue weighted by atomic mass is 10.1. The molecule has 0 aromatic heterocycles. The predicted octanol–water partition coefficient (Wildman–Crippen LogP) is 5.38. The standard InChI is InChI=1S/C22H19F3N2O3S/c1-14-6-5-7-17(12-14)27-31(29,30)20-13-16(11-10-15(20)2)26-21(28)18-8-3-4-9-19(18)22(23,24)25/h3-13,27H,1-2H3,(H,26,28). The maximum atomic E-state index is 13.2. The summed E-state index contributed by atoms with van der Waals surface area (Å²) in [5.74, 6) is -0.994. The van der Waals surface area contributed by atoms with E-state index in [0.717, 1.165) is 17.7 Å². The molecule has 3 aromatic rings. The Morgan fingerprint density at radius 2 is 1.58 bits per heavy atom. The van der Waals surface area contributed by atoms with E-state index >= 15 is 0 Å². The van der Waals surface area contributed by atoms with E-state index in [1.165, 1.54) is 30.3 Å². The van der Waals surface area contributed by atoms with Gasteiger partial charge < -0.3 is 5.32 Å². The average Bonchev–Trinajstić information content (AvgIpc) is 2.68. The van der Waals surface area contributed by atoms with Gasteiger partial charge in [-0.15, -0.1) is 0 Å². The van der Waals surface area contributed by atoms with E-state index in [4.69, 9.17) is 0 Å². The smallest absolute Gasteiger partial charge is 0.322 e. The van der Waals surface area contributed by atoms with Crippen molar-refractivity contribution in [1.29, 1.82) is 0 Å². The third-order valence-corrected chi connectivity index (χ3v) is 6.01. The zero-order valence-corrected chi connectivity index (χ0v) is 17.4. The highest BCUT2D eigenvalue weighted by molar-refractivity contribution is 7.92. The minimum Gasteiger partial charge on any atom is -0.322 e. The normalized spacial score (nSPS) is 11.8. The van der Waals surface area contributed by atoms with Crippen molar-refractivity contribution in [2.24, 2.45) is 0 Å². The SMILES string of the molecule is Cc1cccc(NS(=O)(=O)c2cc(NC(=O)c3ccccc3C(F)(F)F)ccc2C)c1. The van der Waals surface area contributed by atoms with Gasteiger partial charge in [-0.3, -0.25) is 9.52 Å². The zero-order chi connectivity index (χ0) is 22.8. The lowest BCUT2D eigenvalue weighted by Gasteiger charge is -2.15. The van der Waals surface area contributed by atoms with Crippen LogP contribution in [0.15, 0.2) is 71.6 Å². The first-order valence-corrected chi connectivity index (χ1v) is 10.6. The highest BCUT2D eigenvalue weighted by Gasteiger charge is 2.34. The fourth-order valence-corrected chi connectivity index (χ4v) is 4.33. The van der Waals surface area contributed by atoms with Crippen molar-refractivity contribution >= 4 is 27.3 Å². The summed E-state index contributed by atoms with van der Waals surface area (Å²) in [6.45, 7) is 3.40. The van der Waals surface area contributed by atoms with Crippen LogP contribution in [0, 0.1) is 13.8 Å². The van der Waals surface area contributed by atoms with Crippen LogP contribution in [0.4, 0.5) is 24.5 Å². The molecule has 5 nitrogen and oxygen atoms in total. The Balaban J connectivity index is 1.91. The van der Waals surface area contributed by atoms with Gasteiger partial charge in [-0.1, -0.05) is 30.3 Å². The zero-order valence-electron chi connectivity index (χ0n) is 16.6. The molecular weight excluding hydrogens is 429 g/mol. The predicted molar refractivity (Wildman–Crippen MR) is 113 cm³/mol. The topological polar surface area (TPSA) is 75.3 Å². The number of sulfonamides is 1. The summed E-state index contributed by atoms with van der Waals surface area (Å²) in [6.07, 6.45) is -4.70. The molecule has 0 saturated heterocycles. The quantitative estimate of drug-likeness (QED) is 0.551. The summed E-state index contributed by atoms with van der Waals surface area (Å²) in [7, 11) is -4.00. The molecule has 3 rings (SSSR count). The second-order valence-electron chi connectivity index (χ2n) is 6.95. The molecule has 162 valence electrons. The molecule has 0 spiro atoms. The van der Waals surface area contributed by atoms with E-state index < -0.39 is 33.2 Å². The molecule has 0 heterocycles. The number of nitrogens with one attached hydrogen (secondary N) is 2. The number of rotatable bonds is 5.